The molecular weight excluding hydrogens is 364 g/mol. The summed E-state index contributed by atoms with van der Waals surface area (Å²) < 4.78 is 2.38. The zero-order valence-corrected chi connectivity index (χ0v) is 21.6. The average Bonchev–Trinajstić information content (AvgIpc) is 3.04. The van der Waals surface area contributed by atoms with E-state index in [2.05, 4.69) is 101 Å². The Labute approximate surface area is 187 Å². The van der Waals surface area contributed by atoms with Crippen LogP contribution in [0.5, 0.6) is 0 Å². The van der Waals surface area contributed by atoms with Crippen LogP contribution in [0.3, 0.4) is 0 Å². The molecule has 0 bridgehead atoms. The van der Waals surface area contributed by atoms with E-state index in [1.165, 1.54) is 33.8 Å². The van der Waals surface area contributed by atoms with Gasteiger partial charge < -0.3 is 4.90 Å². The minimum absolute atomic E-state index is 0.494. The molecule has 0 radical (unpaired) electrons. The van der Waals surface area contributed by atoms with Gasteiger partial charge in [0.2, 0.25) is 11.4 Å². The molecule has 168 valence electrons. The normalized spacial score (nSPS) is 14.9. The fourth-order valence-corrected chi connectivity index (χ4v) is 3.90. The van der Waals surface area contributed by atoms with Gasteiger partial charge in [0.05, 0.1) is 5.57 Å². The molecule has 0 atom stereocenters. The molecular formula is C28H47N2+. The summed E-state index contributed by atoms with van der Waals surface area (Å²) >= 11 is 0. The van der Waals surface area contributed by atoms with Crippen molar-refractivity contribution >= 4 is 11.4 Å². The molecule has 1 aromatic carbocycles. The van der Waals surface area contributed by atoms with Crippen LogP contribution in [0.4, 0.5) is 5.69 Å². The van der Waals surface area contributed by atoms with Crippen molar-refractivity contribution in [1.82, 2.24) is 0 Å². The maximum absolute atomic E-state index is 2.39. The number of allylic oxidation sites excluding steroid dienone is 5. The minimum atomic E-state index is 0.494. The Kier molecular flexibility index (Phi) is 13.8. The average molecular weight is 412 g/mol. The van der Waals surface area contributed by atoms with E-state index in [4.69, 9.17) is 0 Å². The molecule has 0 aliphatic carbocycles. The maximum Gasteiger partial charge on any atom is 0.220 e. The smallest absolute Gasteiger partial charge is 0.220 e. The standard InChI is InChI=1S/C24H35N2.2C2H6/c1-8-12-21-23(18(5)6)22(13-9-2)25(7)24(21)19-14-16-20(17-15-19)26(10-3)11-4;2*1-2/h8,12-18H,9-11H2,1-7H3;2*1-2H3/q+1;;/b12-8-,22-13+;;. The fourth-order valence-electron chi connectivity index (χ4n) is 3.90. The first kappa shape index (κ1) is 27.9. The van der Waals surface area contributed by atoms with Gasteiger partial charge in [-0.05, 0) is 63.5 Å². The second-order valence-electron chi connectivity index (χ2n) is 7.11. The number of likely N-dealkylation sites (N-methyl/N-ethyl adjacent to an activating group) is 1. The Morgan fingerprint density at radius 1 is 0.933 bits per heavy atom. The molecule has 2 rings (SSSR count). The highest BCUT2D eigenvalue weighted by Gasteiger charge is 2.35. The predicted octanol–water partition coefficient (Wildman–Crippen LogP) is 7.85. The van der Waals surface area contributed by atoms with Crippen molar-refractivity contribution < 1.29 is 4.58 Å². The third kappa shape index (κ3) is 6.45. The van der Waals surface area contributed by atoms with E-state index in [9.17, 15) is 0 Å². The van der Waals surface area contributed by atoms with Crippen molar-refractivity contribution in [3.8, 4) is 0 Å². The third-order valence-electron chi connectivity index (χ3n) is 5.10. The number of nitrogens with zero attached hydrogens (tertiary/aromatic N) is 2. The molecule has 0 N–H and O–H groups in total. The van der Waals surface area contributed by atoms with E-state index in [0.717, 1.165) is 19.5 Å². The van der Waals surface area contributed by atoms with Crippen LogP contribution in [0, 0.1) is 5.92 Å². The third-order valence-corrected chi connectivity index (χ3v) is 5.10. The molecule has 1 heterocycles. The van der Waals surface area contributed by atoms with Gasteiger partial charge in [0.25, 0.3) is 0 Å². The molecule has 0 unspecified atom stereocenters. The van der Waals surface area contributed by atoms with E-state index in [1.54, 1.807) is 0 Å². The van der Waals surface area contributed by atoms with Crippen molar-refractivity contribution in [2.75, 3.05) is 25.0 Å². The predicted molar refractivity (Wildman–Crippen MR) is 138 cm³/mol. The Morgan fingerprint density at radius 2 is 1.47 bits per heavy atom. The molecule has 0 aromatic heterocycles. The van der Waals surface area contributed by atoms with Gasteiger partial charge in [0.1, 0.15) is 7.05 Å². The summed E-state index contributed by atoms with van der Waals surface area (Å²) in [6.07, 6.45) is 7.84. The van der Waals surface area contributed by atoms with Gasteiger partial charge in [-0.2, -0.15) is 4.58 Å². The minimum Gasteiger partial charge on any atom is -0.372 e. The summed E-state index contributed by atoms with van der Waals surface area (Å²) in [6, 6.07) is 9.06. The van der Waals surface area contributed by atoms with Gasteiger partial charge in [-0.1, -0.05) is 60.6 Å². The number of anilines is 1. The summed E-state index contributed by atoms with van der Waals surface area (Å²) in [7, 11) is 2.20. The van der Waals surface area contributed by atoms with Crippen LogP contribution >= 0.6 is 0 Å². The van der Waals surface area contributed by atoms with Gasteiger partial charge in [-0.15, -0.1) is 0 Å². The van der Waals surface area contributed by atoms with Crippen molar-refractivity contribution in [2.24, 2.45) is 5.92 Å². The quantitative estimate of drug-likeness (QED) is 0.414. The van der Waals surface area contributed by atoms with Crippen LogP contribution in [0.2, 0.25) is 0 Å². The van der Waals surface area contributed by atoms with Crippen LogP contribution in [0.15, 0.2) is 59.3 Å². The van der Waals surface area contributed by atoms with E-state index < -0.39 is 0 Å². The van der Waals surface area contributed by atoms with E-state index in [0.29, 0.717) is 5.92 Å². The lowest BCUT2D eigenvalue weighted by Gasteiger charge is -2.21. The van der Waals surface area contributed by atoms with E-state index in [-0.39, 0.29) is 0 Å². The van der Waals surface area contributed by atoms with Crippen LogP contribution in [-0.4, -0.2) is 30.4 Å². The topological polar surface area (TPSA) is 6.25 Å². The van der Waals surface area contributed by atoms with E-state index >= 15 is 0 Å². The molecule has 1 aliphatic rings. The Bertz CT molecular complexity index is 739. The highest BCUT2D eigenvalue weighted by Crippen LogP contribution is 2.34. The molecule has 2 nitrogen and oxygen atoms in total. The zero-order valence-electron chi connectivity index (χ0n) is 21.6. The molecule has 0 amide bonds. The van der Waals surface area contributed by atoms with Crippen LogP contribution in [-0.2, 0) is 0 Å². The summed E-state index contributed by atoms with van der Waals surface area (Å²) in [6.45, 7) is 23.4. The van der Waals surface area contributed by atoms with Crippen molar-refractivity contribution in [3.63, 3.8) is 0 Å². The molecule has 1 aliphatic heterocycles. The second kappa shape index (κ2) is 14.8. The number of benzene rings is 1. The molecule has 1 aromatic rings. The molecule has 2 heteroatoms. The van der Waals surface area contributed by atoms with E-state index in [1.807, 2.05) is 27.7 Å². The lowest BCUT2D eigenvalue weighted by atomic mass is 9.92. The highest BCUT2D eigenvalue weighted by atomic mass is 15.1. The molecule has 0 fully saturated rings. The lowest BCUT2D eigenvalue weighted by Crippen LogP contribution is -2.22. The SMILES string of the molecule is C/C=C\C1=C(C(C)C)C(=C\CC)/[N+](C)=C1c1ccc(N(CC)CC)cc1.CC.CC. The second-order valence-corrected chi connectivity index (χ2v) is 7.11. The van der Waals surface area contributed by atoms with Gasteiger partial charge in [-0.3, -0.25) is 0 Å². The molecule has 30 heavy (non-hydrogen) atoms. The van der Waals surface area contributed by atoms with Gasteiger partial charge in [0, 0.05) is 29.9 Å². The first-order valence-corrected chi connectivity index (χ1v) is 12.0. The monoisotopic (exact) mass is 411 g/mol. The van der Waals surface area contributed by atoms with Crippen LogP contribution < -0.4 is 4.90 Å². The Morgan fingerprint density at radius 3 is 1.87 bits per heavy atom. The van der Waals surface area contributed by atoms with Crippen molar-refractivity contribution in [2.45, 2.75) is 75.7 Å². The maximum atomic E-state index is 2.39. The van der Waals surface area contributed by atoms with Crippen molar-refractivity contribution in [1.29, 1.82) is 0 Å². The van der Waals surface area contributed by atoms with Gasteiger partial charge in [-0.25, -0.2) is 0 Å². The fraction of sp³-hybridized carbons (Fsp3) is 0.536. The molecule has 0 saturated heterocycles. The largest absolute Gasteiger partial charge is 0.372 e. The first-order valence-electron chi connectivity index (χ1n) is 12.0. The molecule has 0 saturated carbocycles. The van der Waals surface area contributed by atoms with Gasteiger partial charge in [0.15, 0.2) is 0 Å². The van der Waals surface area contributed by atoms with Gasteiger partial charge >= 0.3 is 0 Å². The Balaban J connectivity index is 0.00000198. The lowest BCUT2D eigenvalue weighted by molar-refractivity contribution is -0.435. The number of rotatable bonds is 7. The highest BCUT2D eigenvalue weighted by molar-refractivity contribution is 6.13. The summed E-state index contributed by atoms with van der Waals surface area (Å²) in [5.41, 5.74) is 8.07. The van der Waals surface area contributed by atoms with Crippen LogP contribution in [0.25, 0.3) is 0 Å². The summed E-state index contributed by atoms with van der Waals surface area (Å²) in [4.78, 5) is 2.39. The number of hydrogen-bond acceptors (Lipinski definition) is 1. The molecule has 0 spiro atoms. The number of hydrogen-bond donors (Lipinski definition) is 0. The van der Waals surface area contributed by atoms with Crippen molar-refractivity contribution in [3.05, 3.63) is 64.9 Å². The Hall–Kier alpha value is -2.09. The summed E-state index contributed by atoms with van der Waals surface area (Å²) in [5.74, 6) is 0.494. The van der Waals surface area contributed by atoms with Crippen LogP contribution in [0.1, 0.15) is 81.2 Å². The summed E-state index contributed by atoms with van der Waals surface area (Å²) in [5, 5.41) is 0. The zero-order chi connectivity index (χ0) is 23.3. The first-order chi connectivity index (χ1) is 14.5.